The van der Waals surface area contributed by atoms with Crippen molar-refractivity contribution in [2.45, 2.75) is 30.9 Å². The van der Waals surface area contributed by atoms with Crippen molar-refractivity contribution in [3.8, 4) is 5.75 Å². The lowest BCUT2D eigenvalue weighted by molar-refractivity contribution is 0.102. The molecule has 0 saturated heterocycles. The Hall–Kier alpha value is -2.65. The van der Waals surface area contributed by atoms with Gasteiger partial charge < -0.3 is 15.8 Å². The Bertz CT molecular complexity index is 1080. The number of amides is 1. The lowest BCUT2D eigenvalue weighted by Gasteiger charge is -2.30. The van der Waals surface area contributed by atoms with Crippen molar-refractivity contribution in [3.63, 3.8) is 0 Å². The molecule has 1 aliphatic rings. The summed E-state index contributed by atoms with van der Waals surface area (Å²) in [5, 5.41) is 10.8. The molecule has 160 valence electrons. The minimum absolute atomic E-state index is 0.175. The summed E-state index contributed by atoms with van der Waals surface area (Å²) in [5.41, 5.74) is 6.90. The van der Waals surface area contributed by atoms with Crippen molar-refractivity contribution in [1.82, 2.24) is 4.98 Å². The molecule has 4 N–H and O–H groups in total. The van der Waals surface area contributed by atoms with Crippen LogP contribution in [0.2, 0.25) is 5.02 Å². The Morgan fingerprint density at radius 3 is 2.73 bits per heavy atom. The Morgan fingerprint density at radius 2 is 2.10 bits per heavy atom. The third-order valence-corrected chi connectivity index (χ3v) is 8.08. The number of rotatable bonds is 6. The molecular weight excluding hydrogens is 428 g/mol. The van der Waals surface area contributed by atoms with Crippen molar-refractivity contribution in [1.29, 1.82) is 5.41 Å². The smallest absolute Gasteiger partial charge is 0.274 e. The number of fused-ring (bicyclic) bond motifs is 1. The minimum Gasteiger partial charge on any atom is -0.493 e. The molecule has 1 amide bonds. The summed E-state index contributed by atoms with van der Waals surface area (Å²) >= 11 is 5.80. The second-order valence-corrected chi connectivity index (χ2v) is 10.6. The maximum absolute atomic E-state index is 12.9. The van der Waals surface area contributed by atoms with Gasteiger partial charge in [0.2, 0.25) is 0 Å². The van der Waals surface area contributed by atoms with E-state index >= 15 is 0 Å². The van der Waals surface area contributed by atoms with E-state index in [1.54, 1.807) is 24.3 Å². The fourth-order valence-electron chi connectivity index (χ4n) is 3.06. The van der Waals surface area contributed by atoms with Crippen LogP contribution >= 0.6 is 11.6 Å². The quantitative estimate of drug-likeness (QED) is 0.457. The van der Waals surface area contributed by atoms with Crippen LogP contribution < -0.4 is 15.8 Å². The Morgan fingerprint density at radius 1 is 1.37 bits per heavy atom. The molecule has 0 fully saturated rings. The lowest BCUT2D eigenvalue weighted by atomic mass is 9.94. The van der Waals surface area contributed by atoms with Crippen LogP contribution in [0.3, 0.4) is 0 Å². The van der Waals surface area contributed by atoms with Gasteiger partial charge in [-0.05, 0) is 50.6 Å². The van der Waals surface area contributed by atoms with E-state index < -0.39 is 26.3 Å². The van der Waals surface area contributed by atoms with Crippen LogP contribution in [0, 0.1) is 5.41 Å². The molecule has 1 atom stereocenters. The van der Waals surface area contributed by atoms with Gasteiger partial charge in [0.25, 0.3) is 5.91 Å². The summed E-state index contributed by atoms with van der Waals surface area (Å²) in [4.78, 5) is 16.4. The molecule has 0 saturated carbocycles. The molecule has 0 bridgehead atoms. The molecule has 3 rings (SSSR count). The lowest BCUT2D eigenvalue weighted by Crippen LogP contribution is -2.47. The zero-order valence-corrected chi connectivity index (χ0v) is 18.2. The zero-order chi connectivity index (χ0) is 22.1. The number of nitrogens with two attached hydrogens (primary N) is 1. The number of carbonyl (C=O) groups excluding carboxylic acids is 1. The van der Waals surface area contributed by atoms with Crippen LogP contribution in [-0.4, -0.2) is 42.3 Å². The SMILES string of the molecule is CC(C)(C(=N)N)S(=O)(=O)CC1CCOc2ccc(NC(=O)c3ccc(Cl)cn3)cc21. The van der Waals surface area contributed by atoms with Gasteiger partial charge in [0.15, 0.2) is 9.84 Å². The van der Waals surface area contributed by atoms with E-state index in [1.807, 2.05) is 0 Å². The number of aromatic nitrogens is 1. The molecular formula is C20H23ClN4O4S. The number of carbonyl (C=O) groups is 1. The molecule has 1 aromatic carbocycles. The van der Waals surface area contributed by atoms with Crippen LogP contribution in [-0.2, 0) is 9.84 Å². The normalized spacial score (nSPS) is 16.3. The number of halogens is 1. The number of amidine groups is 1. The van der Waals surface area contributed by atoms with Gasteiger partial charge in [0.1, 0.15) is 22.0 Å². The first-order valence-corrected chi connectivity index (χ1v) is 11.3. The first-order chi connectivity index (χ1) is 14.0. The van der Waals surface area contributed by atoms with Crippen molar-refractivity contribution in [2.75, 3.05) is 17.7 Å². The number of hydrogen-bond donors (Lipinski definition) is 3. The van der Waals surface area contributed by atoms with Crippen molar-refractivity contribution < 1.29 is 17.9 Å². The standard InChI is InChI=1S/C20H23ClN4O4S/c1-20(2,19(22)23)30(27,28)11-12-7-8-29-17-6-4-14(9-15(12)17)25-18(26)16-5-3-13(21)10-24-16/h3-6,9-10,12H,7-8,11H2,1-2H3,(H3,22,23)(H,25,26). The van der Waals surface area contributed by atoms with Crippen LogP contribution in [0.25, 0.3) is 0 Å². The first-order valence-electron chi connectivity index (χ1n) is 9.28. The highest BCUT2D eigenvalue weighted by molar-refractivity contribution is 7.93. The molecule has 10 heteroatoms. The van der Waals surface area contributed by atoms with E-state index in [0.29, 0.717) is 35.1 Å². The number of anilines is 1. The highest BCUT2D eigenvalue weighted by atomic mass is 35.5. The van der Waals surface area contributed by atoms with Crippen molar-refractivity contribution in [2.24, 2.45) is 5.73 Å². The molecule has 1 aliphatic heterocycles. The van der Waals surface area contributed by atoms with Gasteiger partial charge in [-0.2, -0.15) is 0 Å². The average molecular weight is 451 g/mol. The summed E-state index contributed by atoms with van der Waals surface area (Å²) in [7, 11) is -3.70. The summed E-state index contributed by atoms with van der Waals surface area (Å²) in [6, 6.07) is 8.18. The molecule has 2 aromatic rings. The highest BCUT2D eigenvalue weighted by Gasteiger charge is 2.40. The van der Waals surface area contributed by atoms with E-state index in [9.17, 15) is 13.2 Å². The second kappa shape index (κ2) is 8.23. The van der Waals surface area contributed by atoms with Gasteiger partial charge in [-0.1, -0.05) is 11.6 Å². The van der Waals surface area contributed by atoms with E-state index in [1.165, 1.54) is 26.1 Å². The maximum atomic E-state index is 12.9. The van der Waals surface area contributed by atoms with Crippen LogP contribution in [0.4, 0.5) is 5.69 Å². The van der Waals surface area contributed by atoms with Gasteiger partial charge in [-0.25, -0.2) is 13.4 Å². The average Bonchev–Trinajstić information content (AvgIpc) is 2.68. The topological polar surface area (TPSA) is 135 Å². The Labute approximate surface area is 180 Å². The predicted octanol–water partition coefficient (Wildman–Crippen LogP) is 2.98. The van der Waals surface area contributed by atoms with Crippen molar-refractivity contribution in [3.05, 3.63) is 52.8 Å². The summed E-state index contributed by atoms with van der Waals surface area (Å²) in [6.07, 6.45) is 1.88. The van der Waals surface area contributed by atoms with Crippen LogP contribution in [0.1, 0.15) is 42.2 Å². The van der Waals surface area contributed by atoms with Gasteiger partial charge in [-0.15, -0.1) is 0 Å². The second-order valence-electron chi connectivity index (χ2n) is 7.61. The molecule has 0 radical (unpaired) electrons. The number of sulfone groups is 1. The molecule has 1 aromatic heterocycles. The van der Waals surface area contributed by atoms with Crippen LogP contribution in [0.15, 0.2) is 36.5 Å². The van der Waals surface area contributed by atoms with E-state index in [4.69, 9.17) is 27.5 Å². The van der Waals surface area contributed by atoms with Crippen LogP contribution in [0.5, 0.6) is 5.75 Å². The number of pyridine rings is 1. The number of ether oxygens (including phenoxy) is 1. The molecule has 2 heterocycles. The predicted molar refractivity (Wildman–Crippen MR) is 116 cm³/mol. The van der Waals surface area contributed by atoms with Gasteiger partial charge in [0.05, 0.1) is 17.4 Å². The molecule has 0 spiro atoms. The number of nitrogens with one attached hydrogen (secondary N) is 2. The number of nitrogens with zero attached hydrogens (tertiary/aromatic N) is 1. The van der Waals surface area contributed by atoms with Gasteiger partial charge in [-0.3, -0.25) is 10.2 Å². The fraction of sp³-hybridized carbons (Fsp3) is 0.350. The molecule has 0 aliphatic carbocycles. The van der Waals surface area contributed by atoms with E-state index in [-0.39, 0.29) is 17.4 Å². The maximum Gasteiger partial charge on any atom is 0.274 e. The minimum atomic E-state index is -3.70. The largest absolute Gasteiger partial charge is 0.493 e. The summed E-state index contributed by atoms with van der Waals surface area (Å²) < 4.78 is 30.0. The third kappa shape index (κ3) is 4.41. The zero-order valence-electron chi connectivity index (χ0n) is 16.6. The first kappa shape index (κ1) is 22.0. The van der Waals surface area contributed by atoms with E-state index in [2.05, 4.69) is 10.3 Å². The van der Waals surface area contributed by atoms with Gasteiger partial charge >= 0.3 is 0 Å². The fourth-order valence-corrected chi connectivity index (χ4v) is 4.80. The molecule has 8 nitrogen and oxygen atoms in total. The van der Waals surface area contributed by atoms with E-state index in [0.717, 1.165) is 0 Å². The molecule has 1 unspecified atom stereocenters. The molecule has 30 heavy (non-hydrogen) atoms. The monoisotopic (exact) mass is 450 g/mol. The highest BCUT2D eigenvalue weighted by Crippen LogP contribution is 2.38. The summed E-state index contributed by atoms with van der Waals surface area (Å²) in [5.74, 6) is -0.754. The van der Waals surface area contributed by atoms with Gasteiger partial charge in [0, 0.05) is 23.4 Å². The number of benzene rings is 1. The third-order valence-electron chi connectivity index (χ3n) is 5.24. The Balaban J connectivity index is 1.85. The van der Waals surface area contributed by atoms with Crippen molar-refractivity contribution >= 4 is 38.9 Å². The number of hydrogen-bond acceptors (Lipinski definition) is 6. The summed E-state index contributed by atoms with van der Waals surface area (Å²) in [6.45, 7) is 3.25. The Kier molecular flexibility index (Phi) is 6.05.